The summed E-state index contributed by atoms with van der Waals surface area (Å²) >= 11 is 7.80. The van der Waals surface area contributed by atoms with Gasteiger partial charge in [0.25, 0.3) is 0 Å². The van der Waals surface area contributed by atoms with Crippen molar-refractivity contribution >= 4 is 23.4 Å². The minimum atomic E-state index is 0.361. The summed E-state index contributed by atoms with van der Waals surface area (Å²) in [4.78, 5) is 8.33. The van der Waals surface area contributed by atoms with E-state index < -0.39 is 0 Å². The Hall–Kier alpha value is -1.01. The molecule has 4 nitrogen and oxygen atoms in total. The van der Waals surface area contributed by atoms with Gasteiger partial charge >= 0.3 is 0 Å². The van der Waals surface area contributed by atoms with Gasteiger partial charge in [-0.15, -0.1) is 11.8 Å². The summed E-state index contributed by atoms with van der Waals surface area (Å²) < 4.78 is 2.12. The van der Waals surface area contributed by atoms with Crippen LogP contribution in [-0.4, -0.2) is 46.4 Å². The molecule has 1 saturated heterocycles. The molecule has 0 radical (unpaired) electrons. The number of nitrogens with one attached hydrogen (secondary N) is 1. The fraction of sp³-hybridized carbons (Fsp3) is 0.438. The van der Waals surface area contributed by atoms with E-state index >= 15 is 0 Å². The number of nitrogens with zero attached hydrogens (tertiary/aromatic N) is 3. The van der Waals surface area contributed by atoms with Gasteiger partial charge in [0.15, 0.2) is 0 Å². The van der Waals surface area contributed by atoms with E-state index in [-0.39, 0.29) is 0 Å². The zero-order valence-electron chi connectivity index (χ0n) is 12.7. The van der Waals surface area contributed by atoms with Crippen molar-refractivity contribution < 1.29 is 0 Å². The topological polar surface area (TPSA) is 33.1 Å². The lowest BCUT2D eigenvalue weighted by Crippen LogP contribution is -2.47. The molecule has 1 N–H and O–H groups in total. The van der Waals surface area contributed by atoms with Gasteiger partial charge in [0.05, 0.1) is 6.04 Å². The summed E-state index contributed by atoms with van der Waals surface area (Å²) in [7, 11) is 2.07. The van der Waals surface area contributed by atoms with Crippen molar-refractivity contribution in [2.24, 2.45) is 7.05 Å². The molecule has 1 unspecified atom stereocenters. The first-order chi connectivity index (χ1) is 10.7. The van der Waals surface area contributed by atoms with Crippen LogP contribution in [0.25, 0.3) is 0 Å². The summed E-state index contributed by atoms with van der Waals surface area (Å²) in [6.45, 7) is 4.15. The molecule has 0 saturated carbocycles. The predicted molar refractivity (Wildman–Crippen MR) is 92.6 cm³/mol. The van der Waals surface area contributed by atoms with E-state index in [0.717, 1.165) is 42.8 Å². The molecular weight excluding hydrogens is 316 g/mol. The van der Waals surface area contributed by atoms with E-state index in [0.29, 0.717) is 6.04 Å². The van der Waals surface area contributed by atoms with E-state index in [2.05, 4.69) is 38.9 Å². The van der Waals surface area contributed by atoms with Crippen molar-refractivity contribution in [1.82, 2.24) is 19.8 Å². The van der Waals surface area contributed by atoms with Gasteiger partial charge in [0.2, 0.25) is 0 Å². The number of hydrogen-bond acceptors (Lipinski definition) is 4. The molecule has 1 atom stereocenters. The second kappa shape index (κ2) is 7.51. The molecule has 1 aromatic heterocycles. The Morgan fingerprint density at radius 3 is 2.91 bits per heavy atom. The number of rotatable bonds is 5. The number of halogens is 1. The summed E-state index contributed by atoms with van der Waals surface area (Å²) in [6, 6.07) is 8.43. The van der Waals surface area contributed by atoms with E-state index in [1.165, 1.54) is 4.90 Å². The van der Waals surface area contributed by atoms with E-state index in [1.807, 2.05) is 36.3 Å². The summed E-state index contributed by atoms with van der Waals surface area (Å²) in [5.41, 5.74) is 0. The highest BCUT2D eigenvalue weighted by Crippen LogP contribution is 2.24. The number of thioether (sulfide) groups is 1. The fourth-order valence-electron chi connectivity index (χ4n) is 2.78. The van der Waals surface area contributed by atoms with Crippen LogP contribution in [0.4, 0.5) is 0 Å². The average Bonchev–Trinajstić information content (AvgIpc) is 2.96. The van der Waals surface area contributed by atoms with E-state index in [1.54, 1.807) is 0 Å². The van der Waals surface area contributed by atoms with Crippen molar-refractivity contribution in [1.29, 1.82) is 0 Å². The van der Waals surface area contributed by atoms with Gasteiger partial charge in [-0.3, -0.25) is 4.90 Å². The smallest absolute Gasteiger partial charge is 0.127 e. The molecule has 2 aromatic rings. The maximum atomic E-state index is 5.92. The van der Waals surface area contributed by atoms with Crippen LogP contribution in [0.3, 0.4) is 0 Å². The van der Waals surface area contributed by atoms with E-state index in [9.17, 15) is 0 Å². The second-order valence-electron chi connectivity index (χ2n) is 5.45. The average molecular weight is 337 g/mol. The van der Waals surface area contributed by atoms with Gasteiger partial charge in [-0.25, -0.2) is 4.98 Å². The summed E-state index contributed by atoms with van der Waals surface area (Å²) in [5, 5.41) is 4.27. The molecule has 6 heteroatoms. The SMILES string of the molecule is Cn1ccnc1C1CNCCN1CCSc1ccc(Cl)cc1. The molecule has 0 amide bonds. The van der Waals surface area contributed by atoms with Crippen molar-refractivity contribution in [2.75, 3.05) is 31.9 Å². The highest BCUT2D eigenvalue weighted by Gasteiger charge is 2.26. The van der Waals surface area contributed by atoms with Gasteiger partial charge in [-0.05, 0) is 24.3 Å². The first-order valence-corrected chi connectivity index (χ1v) is 8.91. The van der Waals surface area contributed by atoms with E-state index in [4.69, 9.17) is 11.6 Å². The van der Waals surface area contributed by atoms with Crippen molar-refractivity contribution in [3.63, 3.8) is 0 Å². The maximum absolute atomic E-state index is 5.92. The van der Waals surface area contributed by atoms with Crippen LogP contribution in [0.5, 0.6) is 0 Å². The van der Waals surface area contributed by atoms with Crippen LogP contribution in [-0.2, 0) is 7.05 Å². The number of benzene rings is 1. The normalized spacial score (nSPS) is 19.5. The molecule has 0 aliphatic carbocycles. The Bertz CT molecular complexity index is 598. The lowest BCUT2D eigenvalue weighted by Gasteiger charge is -2.35. The molecule has 2 heterocycles. The minimum absolute atomic E-state index is 0.361. The van der Waals surface area contributed by atoms with Crippen LogP contribution >= 0.6 is 23.4 Å². The van der Waals surface area contributed by atoms with Gasteiger partial charge in [-0.1, -0.05) is 11.6 Å². The van der Waals surface area contributed by atoms with Crippen molar-refractivity contribution in [3.8, 4) is 0 Å². The molecule has 1 aromatic carbocycles. The van der Waals surface area contributed by atoms with Gasteiger partial charge in [0, 0.05) is 61.3 Å². The first-order valence-electron chi connectivity index (χ1n) is 7.54. The molecule has 22 heavy (non-hydrogen) atoms. The number of aryl methyl sites for hydroxylation is 1. The fourth-order valence-corrected chi connectivity index (χ4v) is 3.79. The zero-order valence-corrected chi connectivity index (χ0v) is 14.3. The molecule has 3 rings (SSSR count). The number of imidazole rings is 1. The van der Waals surface area contributed by atoms with Crippen LogP contribution < -0.4 is 5.32 Å². The van der Waals surface area contributed by atoms with Crippen LogP contribution in [0, 0.1) is 0 Å². The maximum Gasteiger partial charge on any atom is 0.127 e. The third-order valence-electron chi connectivity index (χ3n) is 3.97. The summed E-state index contributed by atoms with van der Waals surface area (Å²) in [6.07, 6.45) is 3.90. The van der Waals surface area contributed by atoms with Gasteiger partial charge in [-0.2, -0.15) is 0 Å². The third kappa shape index (κ3) is 3.84. The number of hydrogen-bond donors (Lipinski definition) is 1. The van der Waals surface area contributed by atoms with Crippen molar-refractivity contribution in [2.45, 2.75) is 10.9 Å². The first kappa shape index (κ1) is 15.9. The molecular formula is C16H21ClN4S. The second-order valence-corrected chi connectivity index (χ2v) is 7.06. The Kier molecular flexibility index (Phi) is 5.41. The monoisotopic (exact) mass is 336 g/mol. The lowest BCUT2D eigenvalue weighted by molar-refractivity contribution is 0.163. The highest BCUT2D eigenvalue weighted by atomic mass is 35.5. The summed E-state index contributed by atoms with van der Waals surface area (Å²) in [5.74, 6) is 2.21. The largest absolute Gasteiger partial charge is 0.337 e. The zero-order chi connectivity index (χ0) is 15.4. The van der Waals surface area contributed by atoms with Crippen LogP contribution in [0.2, 0.25) is 5.02 Å². The van der Waals surface area contributed by atoms with Crippen molar-refractivity contribution in [3.05, 3.63) is 47.5 Å². The quantitative estimate of drug-likeness (QED) is 0.851. The Morgan fingerprint density at radius 2 is 2.18 bits per heavy atom. The lowest BCUT2D eigenvalue weighted by atomic mass is 10.2. The molecule has 0 spiro atoms. The number of piperazine rings is 1. The number of aromatic nitrogens is 2. The van der Waals surface area contributed by atoms with Gasteiger partial charge < -0.3 is 9.88 Å². The minimum Gasteiger partial charge on any atom is -0.337 e. The van der Waals surface area contributed by atoms with Crippen LogP contribution in [0.1, 0.15) is 11.9 Å². The molecule has 0 bridgehead atoms. The molecule has 118 valence electrons. The Morgan fingerprint density at radius 1 is 1.36 bits per heavy atom. The molecule has 1 fully saturated rings. The predicted octanol–water partition coefficient (Wildman–Crippen LogP) is 2.81. The van der Waals surface area contributed by atoms with Crippen LogP contribution in [0.15, 0.2) is 41.6 Å². The Balaban J connectivity index is 1.58. The highest BCUT2D eigenvalue weighted by molar-refractivity contribution is 7.99. The molecule has 1 aliphatic rings. The standard InChI is InChI=1S/C16H21ClN4S/c1-20-8-7-19-16(20)15-12-18-6-9-21(15)10-11-22-14-4-2-13(17)3-5-14/h2-5,7-8,15,18H,6,9-12H2,1H3. The molecule has 1 aliphatic heterocycles. The Labute approximate surface area is 140 Å². The van der Waals surface area contributed by atoms with Gasteiger partial charge in [0.1, 0.15) is 5.82 Å². The third-order valence-corrected chi connectivity index (χ3v) is 5.22.